The second-order valence-corrected chi connectivity index (χ2v) is 16.6. The van der Waals surface area contributed by atoms with Gasteiger partial charge in [0.15, 0.2) is 0 Å². The Balaban J connectivity index is 2.02. The third-order valence-electron chi connectivity index (χ3n) is 8.00. The van der Waals surface area contributed by atoms with Crippen LogP contribution < -0.4 is 10.1 Å². The molecule has 16 heteroatoms. The molecule has 52 heavy (non-hydrogen) atoms. The van der Waals surface area contributed by atoms with Crippen LogP contribution >= 0.6 is 0 Å². The van der Waals surface area contributed by atoms with Crippen molar-refractivity contribution in [3.05, 3.63) is 101 Å². The molecule has 0 aliphatic rings. The molecule has 12 nitrogen and oxygen atoms in total. The number of hydrazine groups is 1. The fraction of sp³-hybridized carbons (Fsp3) is 0.444. The summed E-state index contributed by atoms with van der Waals surface area (Å²) in [5.41, 5.74) is 0.370. The molecule has 286 valence electrons. The van der Waals surface area contributed by atoms with Gasteiger partial charge in [-0.1, -0.05) is 51.1 Å². The minimum Gasteiger partial charge on any atom is -0.390 e. The summed E-state index contributed by atoms with van der Waals surface area (Å²) in [6.45, 7) is 6.23. The Labute approximate surface area is 305 Å². The van der Waals surface area contributed by atoms with Crippen LogP contribution in [0.2, 0.25) is 0 Å². The lowest BCUT2D eigenvalue weighted by Gasteiger charge is -2.30. The first-order chi connectivity index (χ1) is 24.5. The molecule has 2 amide bonds. The largest absolute Gasteiger partial charge is 0.390 e. The van der Waals surface area contributed by atoms with E-state index in [1.165, 1.54) is 31.2 Å². The van der Waals surface area contributed by atoms with Crippen LogP contribution in [0, 0.1) is 11.6 Å². The number of halogens is 2. The molecule has 0 heterocycles. The van der Waals surface area contributed by atoms with E-state index >= 15 is 0 Å². The van der Waals surface area contributed by atoms with Crippen LogP contribution in [0.4, 0.5) is 8.78 Å². The summed E-state index contributed by atoms with van der Waals surface area (Å²) in [4.78, 5) is 31.3. The predicted molar refractivity (Wildman–Crippen MR) is 195 cm³/mol. The first kappa shape index (κ1) is 42.6. The molecule has 0 aliphatic heterocycles. The van der Waals surface area contributed by atoms with E-state index in [4.69, 9.17) is 0 Å². The number of aliphatic hydroxyl groups is 1. The standard InChI is InChI=1S/C36H49F2N5O7S2/c1-6-14-42(15-7-2)36(46)29-20-28(21-32(22-29)52(49,50)41(4)5)35(45)39-33(19-27-17-30(37)23-31(38)18-27)34(44)24-43(16-8-3)40-51(47,48)25-26-12-10-9-11-13-26/h9-13,17-18,20-23,33-34,40,44H,6-8,14-16,19,24-25H2,1-5H3,(H,39,45). The zero-order valence-corrected chi connectivity index (χ0v) is 31.8. The van der Waals surface area contributed by atoms with Crippen molar-refractivity contribution in [1.29, 1.82) is 0 Å². The second kappa shape index (κ2) is 19.3. The highest BCUT2D eigenvalue weighted by atomic mass is 32.2. The van der Waals surface area contributed by atoms with Crippen molar-refractivity contribution in [2.45, 2.75) is 69.2 Å². The van der Waals surface area contributed by atoms with Gasteiger partial charge in [-0.3, -0.25) is 9.59 Å². The van der Waals surface area contributed by atoms with E-state index in [-0.39, 0.29) is 46.8 Å². The Hall–Kier alpha value is -3.80. The summed E-state index contributed by atoms with van der Waals surface area (Å²) in [6, 6.07) is 13.5. The molecule has 3 rings (SSSR count). The van der Waals surface area contributed by atoms with Crippen LogP contribution in [0.5, 0.6) is 0 Å². The summed E-state index contributed by atoms with van der Waals surface area (Å²) in [5.74, 6) is -3.46. The van der Waals surface area contributed by atoms with Crippen molar-refractivity contribution >= 4 is 31.9 Å². The number of nitrogens with zero attached hydrogens (tertiary/aromatic N) is 3. The summed E-state index contributed by atoms with van der Waals surface area (Å²) in [5, 5.41) is 15.5. The van der Waals surface area contributed by atoms with Crippen molar-refractivity contribution in [3.8, 4) is 0 Å². The molecule has 2 unspecified atom stereocenters. The lowest BCUT2D eigenvalue weighted by atomic mass is 9.99. The first-order valence-corrected chi connectivity index (χ1v) is 20.2. The molecule has 0 saturated heterocycles. The van der Waals surface area contributed by atoms with Gasteiger partial charge in [0.25, 0.3) is 11.8 Å². The van der Waals surface area contributed by atoms with Crippen LogP contribution in [-0.4, -0.2) is 100 Å². The van der Waals surface area contributed by atoms with Crippen molar-refractivity contribution in [1.82, 2.24) is 24.4 Å². The minimum absolute atomic E-state index is 0.0405. The Morgan fingerprint density at radius 2 is 1.37 bits per heavy atom. The SMILES string of the molecule is CCCN(CC(O)C(Cc1cc(F)cc(F)c1)NC(=O)c1cc(C(=O)N(CCC)CCC)cc(S(=O)(=O)N(C)C)c1)NS(=O)(=O)Cc1ccccc1. The van der Waals surface area contributed by atoms with Crippen molar-refractivity contribution in [3.63, 3.8) is 0 Å². The second-order valence-electron chi connectivity index (χ2n) is 12.7. The van der Waals surface area contributed by atoms with Gasteiger partial charge in [-0.25, -0.2) is 34.9 Å². The van der Waals surface area contributed by atoms with E-state index in [9.17, 15) is 40.3 Å². The zero-order valence-electron chi connectivity index (χ0n) is 30.2. The molecule has 0 spiro atoms. The quantitative estimate of drug-likeness (QED) is 0.146. The third-order valence-corrected chi connectivity index (χ3v) is 11.0. The van der Waals surface area contributed by atoms with Gasteiger partial charge >= 0.3 is 0 Å². The highest BCUT2D eigenvalue weighted by Gasteiger charge is 2.29. The van der Waals surface area contributed by atoms with Gasteiger partial charge < -0.3 is 15.3 Å². The molecule has 3 N–H and O–H groups in total. The molecule has 0 bridgehead atoms. The van der Waals surface area contributed by atoms with E-state index in [2.05, 4.69) is 10.1 Å². The Morgan fingerprint density at radius 1 is 0.788 bits per heavy atom. The Bertz CT molecular complexity index is 1850. The summed E-state index contributed by atoms with van der Waals surface area (Å²) in [6.07, 6.45) is -0.0378. The molecule has 0 aromatic heterocycles. The minimum atomic E-state index is -4.13. The normalized spacial score (nSPS) is 13.3. The van der Waals surface area contributed by atoms with E-state index in [0.717, 1.165) is 22.5 Å². The fourth-order valence-corrected chi connectivity index (χ4v) is 7.82. The van der Waals surface area contributed by atoms with Gasteiger partial charge in [-0.15, -0.1) is 4.83 Å². The number of hydrogen-bond donors (Lipinski definition) is 3. The summed E-state index contributed by atoms with van der Waals surface area (Å²) < 4.78 is 82.0. The van der Waals surface area contributed by atoms with Crippen LogP contribution in [0.25, 0.3) is 0 Å². The average Bonchev–Trinajstić information content (AvgIpc) is 3.06. The monoisotopic (exact) mass is 765 g/mol. The van der Waals surface area contributed by atoms with Crippen molar-refractivity contribution < 1.29 is 40.3 Å². The highest BCUT2D eigenvalue weighted by molar-refractivity contribution is 7.89. The molecule has 2 atom stereocenters. The number of carbonyl (C=O) groups excluding carboxylic acids is 2. The number of rotatable bonds is 20. The van der Waals surface area contributed by atoms with Gasteiger partial charge in [-0.2, -0.15) is 0 Å². The maximum Gasteiger partial charge on any atom is 0.253 e. The smallest absolute Gasteiger partial charge is 0.253 e. The van der Waals surface area contributed by atoms with E-state index in [0.29, 0.717) is 44.0 Å². The van der Waals surface area contributed by atoms with Crippen molar-refractivity contribution in [2.75, 3.05) is 40.3 Å². The predicted octanol–water partition coefficient (Wildman–Crippen LogP) is 3.93. The zero-order chi connectivity index (χ0) is 38.6. The number of nitrogens with one attached hydrogen (secondary N) is 2. The van der Waals surface area contributed by atoms with Gasteiger partial charge in [0.1, 0.15) is 11.6 Å². The number of hydrogen-bond acceptors (Lipinski definition) is 8. The number of carbonyl (C=O) groups is 2. The maximum absolute atomic E-state index is 14.2. The van der Waals surface area contributed by atoms with Gasteiger partial charge in [-0.05, 0) is 67.1 Å². The number of sulfonamides is 2. The van der Waals surface area contributed by atoms with Crippen LogP contribution in [0.15, 0.2) is 71.6 Å². The van der Waals surface area contributed by atoms with Crippen LogP contribution in [0.1, 0.15) is 71.9 Å². The molecule has 3 aromatic rings. The van der Waals surface area contributed by atoms with Gasteiger partial charge in [0.2, 0.25) is 20.0 Å². The first-order valence-electron chi connectivity index (χ1n) is 17.1. The average molecular weight is 766 g/mol. The summed E-state index contributed by atoms with van der Waals surface area (Å²) in [7, 11) is -5.44. The number of aliphatic hydroxyl groups excluding tert-OH is 1. The molecular weight excluding hydrogens is 717 g/mol. The lowest BCUT2D eigenvalue weighted by molar-refractivity contribution is 0.0618. The highest BCUT2D eigenvalue weighted by Crippen LogP contribution is 2.21. The molecule has 3 aromatic carbocycles. The van der Waals surface area contributed by atoms with Crippen molar-refractivity contribution in [2.24, 2.45) is 0 Å². The Morgan fingerprint density at radius 3 is 1.92 bits per heavy atom. The van der Waals surface area contributed by atoms with E-state index < -0.39 is 55.6 Å². The molecule has 0 aliphatic carbocycles. The Kier molecular flexibility index (Phi) is 15.8. The van der Waals surface area contributed by atoms with E-state index in [1.54, 1.807) is 42.2 Å². The molecule has 0 saturated carbocycles. The van der Waals surface area contributed by atoms with Gasteiger partial charge in [0.05, 0.1) is 22.8 Å². The van der Waals surface area contributed by atoms with Crippen LogP contribution in [0.3, 0.4) is 0 Å². The molecule has 0 fully saturated rings. The summed E-state index contributed by atoms with van der Waals surface area (Å²) >= 11 is 0. The lowest BCUT2D eigenvalue weighted by Crippen LogP contribution is -2.53. The topological polar surface area (TPSA) is 156 Å². The van der Waals surface area contributed by atoms with E-state index in [1.807, 2.05) is 13.8 Å². The molecular formula is C36H49F2N5O7S2. The van der Waals surface area contributed by atoms with Gasteiger partial charge in [0, 0.05) is 57.5 Å². The molecule has 0 radical (unpaired) electrons. The maximum atomic E-state index is 14.2. The fourth-order valence-electron chi connectivity index (χ4n) is 5.59. The number of benzene rings is 3. The van der Waals surface area contributed by atoms with Crippen LogP contribution in [-0.2, 0) is 32.2 Å². The number of amides is 2. The third kappa shape index (κ3) is 12.4.